The van der Waals surface area contributed by atoms with Gasteiger partial charge in [0.15, 0.2) is 6.29 Å². The normalized spacial score (nSPS) is 20.8. The Hall–Kier alpha value is -3.23. The second-order valence-electron chi connectivity index (χ2n) is 11.1. The molecule has 4 rings (SSSR count). The average Bonchev–Trinajstić information content (AvgIpc) is 3.24. The van der Waals surface area contributed by atoms with Gasteiger partial charge in [0.05, 0.1) is 19.3 Å². The third-order valence-electron chi connectivity index (χ3n) is 6.64. The number of hydrogen-bond donors (Lipinski definition) is 1. The van der Waals surface area contributed by atoms with Crippen LogP contribution in [0.1, 0.15) is 50.3 Å². The smallest absolute Gasteiger partial charge is 0.410 e. The maximum absolute atomic E-state index is 13.0. The third kappa shape index (κ3) is 9.17. The van der Waals surface area contributed by atoms with E-state index < -0.39 is 30.2 Å². The molecule has 1 aliphatic heterocycles. The van der Waals surface area contributed by atoms with Gasteiger partial charge in [-0.05, 0) is 50.3 Å². The van der Waals surface area contributed by atoms with Crippen LogP contribution in [0.25, 0.3) is 0 Å². The number of benzene rings is 3. The van der Waals surface area contributed by atoms with Crippen LogP contribution in [0, 0.1) is 0 Å². The Morgan fingerprint density at radius 1 is 0.800 bits per heavy atom. The summed E-state index contributed by atoms with van der Waals surface area (Å²) in [6.45, 7) is 7.23. The molecular formula is C33H41NO6. The lowest BCUT2D eigenvalue weighted by Crippen LogP contribution is -2.39. The zero-order valence-corrected chi connectivity index (χ0v) is 23.6. The third-order valence-corrected chi connectivity index (χ3v) is 6.64. The number of aliphatic hydroxyl groups is 1. The molecule has 1 fully saturated rings. The number of carbonyl (C=O) groups excluding carboxylic acids is 1. The van der Waals surface area contributed by atoms with Crippen LogP contribution in [0.5, 0.6) is 0 Å². The Kier molecular flexibility index (Phi) is 10.7. The first-order valence-corrected chi connectivity index (χ1v) is 13.9. The number of amides is 1. The van der Waals surface area contributed by atoms with Crippen molar-refractivity contribution in [2.45, 2.75) is 83.6 Å². The van der Waals surface area contributed by atoms with E-state index in [1.54, 1.807) is 4.90 Å². The minimum atomic E-state index is -1.11. The second-order valence-corrected chi connectivity index (χ2v) is 11.1. The lowest BCUT2D eigenvalue weighted by molar-refractivity contribution is -0.149. The highest BCUT2D eigenvalue weighted by atomic mass is 16.7. The highest BCUT2D eigenvalue weighted by Crippen LogP contribution is 2.30. The molecule has 214 valence electrons. The van der Waals surface area contributed by atoms with E-state index in [1.807, 2.05) is 112 Å². The summed E-state index contributed by atoms with van der Waals surface area (Å²) >= 11 is 0. The first-order chi connectivity index (χ1) is 19.3. The van der Waals surface area contributed by atoms with Crippen molar-refractivity contribution in [3.8, 4) is 0 Å². The quantitative estimate of drug-likeness (QED) is 0.296. The molecule has 0 radical (unpaired) electrons. The van der Waals surface area contributed by atoms with E-state index >= 15 is 0 Å². The molecule has 2 unspecified atom stereocenters. The van der Waals surface area contributed by atoms with Crippen LogP contribution < -0.4 is 0 Å². The van der Waals surface area contributed by atoms with Gasteiger partial charge in [-0.25, -0.2) is 4.79 Å². The van der Waals surface area contributed by atoms with E-state index in [2.05, 4.69) is 0 Å². The molecule has 1 heterocycles. The lowest BCUT2D eigenvalue weighted by atomic mass is 10.0. The Labute approximate surface area is 237 Å². The van der Waals surface area contributed by atoms with Crippen LogP contribution >= 0.6 is 0 Å². The monoisotopic (exact) mass is 547 g/mol. The molecule has 7 heteroatoms. The van der Waals surface area contributed by atoms with Gasteiger partial charge >= 0.3 is 6.09 Å². The molecule has 7 nitrogen and oxygen atoms in total. The van der Waals surface area contributed by atoms with Gasteiger partial charge in [-0.2, -0.15) is 0 Å². The summed E-state index contributed by atoms with van der Waals surface area (Å²) in [5.41, 5.74) is 2.47. The number of aliphatic hydroxyl groups excluding tert-OH is 1. The first-order valence-electron chi connectivity index (χ1n) is 13.9. The highest BCUT2D eigenvalue weighted by molar-refractivity contribution is 5.68. The fourth-order valence-corrected chi connectivity index (χ4v) is 4.70. The van der Waals surface area contributed by atoms with Crippen molar-refractivity contribution in [2.75, 3.05) is 6.54 Å². The van der Waals surface area contributed by atoms with Crippen molar-refractivity contribution >= 4 is 6.09 Å². The molecule has 1 saturated heterocycles. The molecule has 1 N–H and O–H groups in total. The van der Waals surface area contributed by atoms with Gasteiger partial charge in [-0.15, -0.1) is 0 Å². The molecule has 1 amide bonds. The Balaban J connectivity index is 1.41. The van der Waals surface area contributed by atoms with Crippen LogP contribution in [0.2, 0.25) is 0 Å². The maximum atomic E-state index is 13.0. The standard InChI is InChI=1S/C33H41NO6/c1-33(2,3)40-32(36)34(22-25-14-7-4-8-15-25)21-13-20-28-29(37-23-26-16-9-5-10-17-26)30(31(35)39-28)38-24-27-18-11-6-12-19-27/h4-12,14-19,28-31,35H,13,20-24H2,1-3H3/t28?,29-,30-,31?/m1/s1. The summed E-state index contributed by atoms with van der Waals surface area (Å²) in [4.78, 5) is 14.7. The van der Waals surface area contributed by atoms with Crippen molar-refractivity contribution in [2.24, 2.45) is 0 Å². The summed E-state index contributed by atoms with van der Waals surface area (Å²) in [5, 5.41) is 10.8. The molecule has 4 atom stereocenters. The van der Waals surface area contributed by atoms with E-state index in [-0.39, 0.29) is 6.09 Å². The number of nitrogens with zero attached hydrogens (tertiary/aromatic N) is 1. The fourth-order valence-electron chi connectivity index (χ4n) is 4.70. The zero-order chi connectivity index (χ0) is 28.4. The highest BCUT2D eigenvalue weighted by Gasteiger charge is 2.45. The van der Waals surface area contributed by atoms with Gasteiger partial charge in [0.25, 0.3) is 0 Å². The van der Waals surface area contributed by atoms with Gasteiger partial charge in [0.1, 0.15) is 17.8 Å². The van der Waals surface area contributed by atoms with Crippen molar-refractivity contribution < 1.29 is 28.8 Å². The molecule has 40 heavy (non-hydrogen) atoms. The van der Waals surface area contributed by atoms with Crippen molar-refractivity contribution in [1.29, 1.82) is 0 Å². The van der Waals surface area contributed by atoms with E-state index in [9.17, 15) is 9.90 Å². The van der Waals surface area contributed by atoms with Crippen molar-refractivity contribution in [3.63, 3.8) is 0 Å². The van der Waals surface area contributed by atoms with Crippen LogP contribution in [0.4, 0.5) is 4.79 Å². The summed E-state index contributed by atoms with van der Waals surface area (Å²) < 4.78 is 24.1. The SMILES string of the molecule is CC(C)(C)OC(=O)N(CCCC1OC(O)[C@H](OCc2ccccc2)[C@@H]1OCc1ccccc1)Cc1ccccc1. The van der Waals surface area contributed by atoms with E-state index in [0.29, 0.717) is 39.1 Å². The molecule has 0 saturated carbocycles. The predicted octanol–water partition coefficient (Wildman–Crippen LogP) is 6.09. The number of rotatable bonds is 12. The van der Waals surface area contributed by atoms with Gasteiger partial charge in [0.2, 0.25) is 0 Å². The minimum absolute atomic E-state index is 0.341. The molecule has 1 aliphatic rings. The van der Waals surface area contributed by atoms with E-state index in [0.717, 1.165) is 16.7 Å². The molecule has 0 aliphatic carbocycles. The fraction of sp³-hybridized carbons (Fsp3) is 0.424. The van der Waals surface area contributed by atoms with Gasteiger partial charge < -0.3 is 29.0 Å². The van der Waals surface area contributed by atoms with Crippen molar-refractivity contribution in [1.82, 2.24) is 4.90 Å². The zero-order valence-electron chi connectivity index (χ0n) is 23.6. The predicted molar refractivity (Wildman–Crippen MR) is 153 cm³/mol. The Morgan fingerprint density at radius 3 is 1.82 bits per heavy atom. The first kappa shape index (κ1) is 29.7. The number of hydrogen-bond acceptors (Lipinski definition) is 6. The summed E-state index contributed by atoms with van der Waals surface area (Å²) in [6.07, 6.45) is -1.75. The maximum Gasteiger partial charge on any atom is 0.410 e. The molecule has 3 aromatic carbocycles. The van der Waals surface area contributed by atoms with Crippen LogP contribution in [-0.2, 0) is 38.7 Å². The molecule has 0 aromatic heterocycles. The van der Waals surface area contributed by atoms with Crippen LogP contribution in [0.15, 0.2) is 91.0 Å². The molecular weight excluding hydrogens is 506 g/mol. The van der Waals surface area contributed by atoms with Crippen molar-refractivity contribution in [3.05, 3.63) is 108 Å². The molecule has 3 aromatic rings. The summed E-state index contributed by atoms with van der Waals surface area (Å²) in [7, 11) is 0. The number of carbonyl (C=O) groups is 1. The van der Waals surface area contributed by atoms with Crippen LogP contribution in [-0.4, -0.2) is 52.8 Å². The number of ether oxygens (including phenoxy) is 4. The lowest BCUT2D eigenvalue weighted by Gasteiger charge is -2.28. The van der Waals surface area contributed by atoms with Crippen LogP contribution in [0.3, 0.4) is 0 Å². The largest absolute Gasteiger partial charge is 0.444 e. The van der Waals surface area contributed by atoms with E-state index in [1.165, 1.54) is 0 Å². The average molecular weight is 548 g/mol. The molecule has 0 spiro atoms. The topological polar surface area (TPSA) is 77.5 Å². The van der Waals surface area contributed by atoms with Gasteiger partial charge in [-0.1, -0.05) is 91.0 Å². The molecule has 0 bridgehead atoms. The Morgan fingerprint density at radius 2 is 1.30 bits per heavy atom. The summed E-state index contributed by atoms with van der Waals surface area (Å²) in [5.74, 6) is 0. The Bertz CT molecular complexity index is 1150. The van der Waals surface area contributed by atoms with Gasteiger partial charge in [0, 0.05) is 13.1 Å². The van der Waals surface area contributed by atoms with E-state index in [4.69, 9.17) is 18.9 Å². The minimum Gasteiger partial charge on any atom is -0.444 e. The second kappa shape index (κ2) is 14.4. The summed E-state index contributed by atoms with van der Waals surface area (Å²) in [6, 6.07) is 29.6. The van der Waals surface area contributed by atoms with Gasteiger partial charge in [-0.3, -0.25) is 0 Å².